The van der Waals surface area contributed by atoms with E-state index in [4.69, 9.17) is 0 Å². The maximum atomic E-state index is 9.94. The summed E-state index contributed by atoms with van der Waals surface area (Å²) in [6, 6.07) is 0. The van der Waals surface area contributed by atoms with Crippen molar-refractivity contribution < 1.29 is 5.03 Å². The monoisotopic (exact) mass is 173 g/mol. The third kappa shape index (κ3) is 2.35. The van der Waals surface area contributed by atoms with Gasteiger partial charge in [-0.2, -0.15) is 0 Å². The molecule has 0 atom stereocenters. The number of nitrogens with one attached hydrogen (secondary N) is 2. The number of guanidine groups is 1. The Bertz CT molecular complexity index is 194. The molecule has 1 rings (SSSR count). The lowest BCUT2D eigenvalue weighted by Gasteiger charge is -2.27. The first-order valence-corrected chi connectivity index (χ1v) is 3.65. The topological polar surface area (TPSA) is 82.8 Å². The molecule has 0 saturated carbocycles. The van der Waals surface area contributed by atoms with Gasteiger partial charge in [0, 0.05) is 0 Å². The van der Waals surface area contributed by atoms with Gasteiger partial charge >= 0.3 is 0 Å². The lowest BCUT2D eigenvalue weighted by molar-refractivity contribution is -0.485. The minimum absolute atomic E-state index is 0.227. The van der Waals surface area contributed by atoms with E-state index in [1.54, 1.807) is 0 Å². The molecule has 0 aliphatic carbocycles. The van der Waals surface area contributed by atoms with Crippen LogP contribution in [0.15, 0.2) is 5.10 Å². The molecule has 2 N–H and O–H groups in total. The zero-order chi connectivity index (χ0) is 8.97. The van der Waals surface area contributed by atoms with Gasteiger partial charge in [0.05, 0.1) is 13.3 Å². The van der Waals surface area contributed by atoms with E-state index in [0.29, 0.717) is 13.3 Å². The third-order valence-electron chi connectivity index (χ3n) is 1.57. The van der Waals surface area contributed by atoms with Gasteiger partial charge in [-0.15, -0.1) is 0 Å². The van der Waals surface area contributed by atoms with Crippen molar-refractivity contribution in [3.8, 4) is 0 Å². The van der Waals surface area contributed by atoms with Crippen LogP contribution in [-0.2, 0) is 0 Å². The van der Waals surface area contributed by atoms with Crippen molar-refractivity contribution in [1.29, 1.82) is 0 Å². The van der Waals surface area contributed by atoms with Crippen LogP contribution in [0.1, 0.15) is 6.92 Å². The van der Waals surface area contributed by atoms with Crippen LogP contribution in [0.2, 0.25) is 0 Å². The molecule has 68 valence electrons. The average Bonchev–Trinajstić information content (AvgIpc) is 2.05. The van der Waals surface area contributed by atoms with E-state index in [9.17, 15) is 10.1 Å². The molecule has 12 heavy (non-hydrogen) atoms. The van der Waals surface area contributed by atoms with Crippen LogP contribution in [0, 0.1) is 10.1 Å². The van der Waals surface area contributed by atoms with E-state index >= 15 is 0 Å². The summed E-state index contributed by atoms with van der Waals surface area (Å²) in [7, 11) is 0. The molecule has 0 aromatic carbocycles. The normalized spacial score (nSPS) is 17.9. The number of hydrazone groups is 1. The smallest absolute Gasteiger partial charge is 0.270 e. The van der Waals surface area contributed by atoms with E-state index in [0.717, 1.165) is 6.54 Å². The van der Waals surface area contributed by atoms with Crippen LogP contribution in [-0.4, -0.2) is 35.8 Å². The van der Waals surface area contributed by atoms with Crippen molar-refractivity contribution in [2.24, 2.45) is 5.10 Å². The number of nitrogens with zero attached hydrogens (tertiary/aromatic N) is 3. The van der Waals surface area contributed by atoms with Crippen LogP contribution in [0.3, 0.4) is 0 Å². The van der Waals surface area contributed by atoms with Crippen molar-refractivity contribution in [3.63, 3.8) is 0 Å². The zero-order valence-corrected chi connectivity index (χ0v) is 6.78. The van der Waals surface area contributed by atoms with Gasteiger partial charge in [-0.1, -0.05) is 6.92 Å². The first-order valence-electron chi connectivity index (χ1n) is 3.65. The van der Waals surface area contributed by atoms with Crippen LogP contribution in [0.5, 0.6) is 0 Å². The molecule has 0 radical (unpaired) electrons. The number of rotatable bonds is 2. The molecular weight excluding hydrogens is 162 g/mol. The predicted molar refractivity (Wildman–Crippen MR) is 42.8 cm³/mol. The van der Waals surface area contributed by atoms with Crippen LogP contribution in [0.25, 0.3) is 0 Å². The van der Waals surface area contributed by atoms with Gasteiger partial charge in [-0.3, -0.25) is 4.90 Å². The van der Waals surface area contributed by atoms with Crippen LogP contribution in [0.4, 0.5) is 0 Å². The van der Waals surface area contributed by atoms with Crippen molar-refractivity contribution in [1.82, 2.24) is 15.5 Å². The molecule has 1 aliphatic heterocycles. The highest BCUT2D eigenvalue weighted by atomic mass is 16.7. The van der Waals surface area contributed by atoms with Crippen molar-refractivity contribution in [2.45, 2.75) is 6.92 Å². The highest BCUT2D eigenvalue weighted by Crippen LogP contribution is 1.87. The van der Waals surface area contributed by atoms with Gasteiger partial charge in [-0.25, -0.2) is 10.1 Å². The van der Waals surface area contributed by atoms with Crippen LogP contribution < -0.4 is 10.6 Å². The molecule has 0 unspecified atom stereocenters. The lowest BCUT2D eigenvalue weighted by Crippen LogP contribution is -2.54. The predicted octanol–water partition coefficient (Wildman–Crippen LogP) is -1.04. The van der Waals surface area contributed by atoms with Crippen LogP contribution >= 0.6 is 0 Å². The molecule has 7 nitrogen and oxygen atoms in total. The molecular formula is C5H11N5O2. The summed E-state index contributed by atoms with van der Waals surface area (Å²) in [6.07, 6.45) is 0. The van der Waals surface area contributed by atoms with Crippen molar-refractivity contribution in [3.05, 3.63) is 10.1 Å². The Kier molecular flexibility index (Phi) is 2.81. The second-order valence-corrected chi connectivity index (χ2v) is 2.34. The summed E-state index contributed by atoms with van der Waals surface area (Å²) in [4.78, 5) is 12.0. The zero-order valence-electron chi connectivity index (χ0n) is 6.78. The molecule has 1 heterocycles. The van der Waals surface area contributed by atoms with Crippen molar-refractivity contribution in [2.75, 3.05) is 19.9 Å². The fourth-order valence-corrected chi connectivity index (χ4v) is 0.868. The standard InChI is InChI=1S/C5H11N5O2/c1-2-9-3-6-5(7-4-9)8-10(11)12/h2-4H2,1H3,(H2,6,7,8). The fraction of sp³-hybridized carbons (Fsp3) is 0.800. The van der Waals surface area contributed by atoms with Gasteiger partial charge in [0.2, 0.25) is 0 Å². The van der Waals surface area contributed by atoms with Crippen molar-refractivity contribution >= 4 is 5.96 Å². The summed E-state index contributed by atoms with van der Waals surface area (Å²) in [6.45, 7) is 4.09. The summed E-state index contributed by atoms with van der Waals surface area (Å²) >= 11 is 0. The van der Waals surface area contributed by atoms with E-state index < -0.39 is 5.03 Å². The molecule has 1 fully saturated rings. The Morgan fingerprint density at radius 3 is 2.67 bits per heavy atom. The maximum absolute atomic E-state index is 9.94. The summed E-state index contributed by atoms with van der Waals surface area (Å²) in [5, 5.41) is 17.9. The molecule has 0 spiro atoms. The summed E-state index contributed by atoms with van der Waals surface area (Å²) in [5.74, 6) is 0.227. The molecule has 7 heteroatoms. The Balaban J connectivity index is 2.40. The number of hydrogen-bond acceptors (Lipinski definition) is 3. The first kappa shape index (κ1) is 8.72. The van der Waals surface area contributed by atoms with Gasteiger partial charge < -0.3 is 10.6 Å². The van der Waals surface area contributed by atoms with Gasteiger partial charge in [0.15, 0.2) is 5.03 Å². The average molecular weight is 173 g/mol. The Morgan fingerprint density at radius 2 is 2.25 bits per heavy atom. The second-order valence-electron chi connectivity index (χ2n) is 2.34. The SMILES string of the molecule is CCN1CNC(=N[N+](=O)[O-])NC1. The Morgan fingerprint density at radius 1 is 1.67 bits per heavy atom. The largest absolute Gasteiger partial charge is 0.338 e. The van der Waals surface area contributed by atoms with E-state index in [1.165, 1.54) is 0 Å². The maximum Gasteiger partial charge on any atom is 0.270 e. The number of nitro groups is 1. The molecule has 1 saturated heterocycles. The second kappa shape index (κ2) is 3.86. The minimum atomic E-state index is -0.725. The third-order valence-corrected chi connectivity index (χ3v) is 1.57. The molecule has 0 bridgehead atoms. The van der Waals surface area contributed by atoms with Gasteiger partial charge in [0.1, 0.15) is 5.10 Å². The van der Waals surface area contributed by atoms with Gasteiger partial charge in [0.25, 0.3) is 5.96 Å². The molecule has 0 aromatic heterocycles. The van der Waals surface area contributed by atoms with E-state index in [1.807, 2.05) is 11.8 Å². The Hall–Kier alpha value is -1.37. The van der Waals surface area contributed by atoms with E-state index in [-0.39, 0.29) is 5.96 Å². The molecule has 0 aromatic rings. The summed E-state index contributed by atoms with van der Waals surface area (Å²) in [5.41, 5.74) is 0. The quantitative estimate of drug-likeness (QED) is 0.412. The first-order chi connectivity index (χ1) is 5.72. The minimum Gasteiger partial charge on any atom is -0.338 e. The fourth-order valence-electron chi connectivity index (χ4n) is 0.868. The lowest BCUT2D eigenvalue weighted by atomic mass is 10.6. The molecule has 0 amide bonds. The number of hydrogen-bond donors (Lipinski definition) is 2. The molecule has 1 aliphatic rings. The van der Waals surface area contributed by atoms with E-state index in [2.05, 4.69) is 15.7 Å². The summed E-state index contributed by atoms with van der Waals surface area (Å²) < 4.78 is 0. The Labute approximate surface area is 69.6 Å². The highest BCUT2D eigenvalue weighted by molar-refractivity contribution is 5.79. The highest BCUT2D eigenvalue weighted by Gasteiger charge is 2.13. The van der Waals surface area contributed by atoms with Gasteiger partial charge in [-0.05, 0) is 6.54 Å².